The zero-order valence-corrected chi connectivity index (χ0v) is 14.8. The molecule has 4 nitrogen and oxygen atoms in total. The number of hydrogen-bond donors (Lipinski definition) is 1. The molecule has 0 aromatic heterocycles. The van der Waals surface area contributed by atoms with E-state index in [0.717, 1.165) is 25.9 Å². The van der Waals surface area contributed by atoms with Crippen LogP contribution in [0.2, 0.25) is 0 Å². The topological polar surface area (TPSA) is 41.6 Å². The Morgan fingerprint density at radius 1 is 1.36 bits per heavy atom. The minimum Gasteiger partial charge on any atom is -0.469 e. The predicted molar refractivity (Wildman–Crippen MR) is 95.3 cm³/mol. The third-order valence-electron chi connectivity index (χ3n) is 8.47. The van der Waals surface area contributed by atoms with E-state index in [1.54, 1.807) is 0 Å². The van der Waals surface area contributed by atoms with Crippen molar-refractivity contribution in [2.45, 2.75) is 36.8 Å². The normalized spacial score (nSPS) is 48.0. The smallest absolute Gasteiger partial charge is 0.311 e. The van der Waals surface area contributed by atoms with Crippen molar-refractivity contribution < 1.29 is 9.53 Å². The van der Waals surface area contributed by atoms with Crippen LogP contribution in [0.3, 0.4) is 0 Å². The highest BCUT2D eigenvalue weighted by Crippen LogP contribution is 2.78. The quantitative estimate of drug-likeness (QED) is 0.632. The molecular formula is C21H24N2O2. The second kappa shape index (κ2) is 4.12. The number of methoxy groups -OCH3 is 1. The fourth-order valence-corrected chi connectivity index (χ4v) is 7.93. The molecular weight excluding hydrogens is 312 g/mol. The van der Waals surface area contributed by atoms with Gasteiger partial charge in [-0.05, 0) is 36.9 Å². The Morgan fingerprint density at radius 3 is 3.04 bits per heavy atom. The number of rotatable bonds is 1. The maximum Gasteiger partial charge on any atom is 0.311 e. The Hall–Kier alpha value is -1.81. The van der Waals surface area contributed by atoms with Crippen molar-refractivity contribution in [1.29, 1.82) is 0 Å². The van der Waals surface area contributed by atoms with E-state index in [0.29, 0.717) is 12.0 Å². The van der Waals surface area contributed by atoms with E-state index in [9.17, 15) is 4.79 Å². The van der Waals surface area contributed by atoms with Crippen LogP contribution in [0.1, 0.15) is 25.3 Å². The molecule has 2 bridgehead atoms. The second-order valence-corrected chi connectivity index (χ2v) is 8.67. The Bertz CT molecular complexity index is 835. The molecule has 1 saturated heterocycles. The Balaban J connectivity index is 1.69. The number of ether oxygens (including phenoxy) is 1. The number of anilines is 1. The molecule has 6 rings (SSSR count). The van der Waals surface area contributed by atoms with Gasteiger partial charge in [0, 0.05) is 29.1 Å². The van der Waals surface area contributed by atoms with Gasteiger partial charge in [0.1, 0.15) is 0 Å². The SMILES string of the molecule is COC(=O)[C@@H]1C[C@@]23C=CCN4CC[C@@]5(c6ccccc6N[C@]15[C@H]2C)[C@H]43. The maximum absolute atomic E-state index is 12.9. The molecule has 0 unspecified atom stereocenters. The van der Waals surface area contributed by atoms with E-state index in [1.165, 1.54) is 18.4 Å². The second-order valence-electron chi connectivity index (χ2n) is 8.67. The largest absolute Gasteiger partial charge is 0.469 e. The molecule has 1 aromatic rings. The lowest BCUT2D eigenvalue weighted by Crippen LogP contribution is -2.63. The zero-order valence-electron chi connectivity index (χ0n) is 14.8. The average Bonchev–Trinajstić information content (AvgIpc) is 3.29. The summed E-state index contributed by atoms with van der Waals surface area (Å²) in [6.07, 6.45) is 6.83. The number of fused-ring (bicyclic) bond motifs is 1. The number of para-hydroxylation sites is 1. The number of carbonyl (C=O) groups excluding carboxylic acids is 1. The van der Waals surface area contributed by atoms with Crippen molar-refractivity contribution >= 4 is 11.7 Å². The number of esters is 1. The molecule has 1 aromatic carbocycles. The maximum atomic E-state index is 12.9. The van der Waals surface area contributed by atoms with E-state index >= 15 is 0 Å². The molecule has 3 aliphatic heterocycles. The van der Waals surface area contributed by atoms with E-state index in [1.807, 2.05) is 0 Å². The summed E-state index contributed by atoms with van der Waals surface area (Å²) in [7, 11) is 1.54. The first-order valence-electron chi connectivity index (χ1n) is 9.49. The highest BCUT2D eigenvalue weighted by molar-refractivity contribution is 5.82. The molecule has 0 radical (unpaired) electrons. The van der Waals surface area contributed by atoms with Gasteiger partial charge in [0.05, 0.1) is 18.6 Å². The van der Waals surface area contributed by atoms with Crippen molar-refractivity contribution in [1.82, 2.24) is 4.90 Å². The lowest BCUT2D eigenvalue weighted by molar-refractivity contribution is -0.149. The first-order valence-corrected chi connectivity index (χ1v) is 9.49. The zero-order chi connectivity index (χ0) is 17.0. The molecule has 25 heavy (non-hydrogen) atoms. The van der Waals surface area contributed by atoms with Crippen LogP contribution in [-0.4, -0.2) is 42.6 Å². The van der Waals surface area contributed by atoms with E-state index in [2.05, 4.69) is 53.6 Å². The summed E-state index contributed by atoms with van der Waals surface area (Å²) in [6.45, 7) is 4.53. The highest BCUT2D eigenvalue weighted by atomic mass is 16.5. The van der Waals surface area contributed by atoms with Gasteiger partial charge in [0.15, 0.2) is 0 Å². The summed E-state index contributed by atoms with van der Waals surface area (Å²) in [5.74, 6) is 0.277. The minimum absolute atomic E-state index is 0.0187. The lowest BCUT2D eigenvalue weighted by atomic mass is 9.57. The van der Waals surface area contributed by atoms with Crippen LogP contribution in [0, 0.1) is 17.3 Å². The molecule has 2 saturated carbocycles. The van der Waals surface area contributed by atoms with E-state index in [4.69, 9.17) is 4.74 Å². The van der Waals surface area contributed by atoms with Gasteiger partial charge in [0.25, 0.3) is 0 Å². The van der Waals surface area contributed by atoms with Crippen molar-refractivity contribution in [2.75, 3.05) is 25.5 Å². The van der Waals surface area contributed by atoms with Gasteiger partial charge in [-0.15, -0.1) is 0 Å². The van der Waals surface area contributed by atoms with Crippen molar-refractivity contribution in [3.05, 3.63) is 42.0 Å². The molecule has 3 fully saturated rings. The van der Waals surface area contributed by atoms with Gasteiger partial charge in [-0.25, -0.2) is 0 Å². The third kappa shape index (κ3) is 1.19. The monoisotopic (exact) mass is 336 g/mol. The van der Waals surface area contributed by atoms with Gasteiger partial charge in [-0.2, -0.15) is 0 Å². The lowest BCUT2D eigenvalue weighted by Gasteiger charge is -2.50. The molecule has 6 atom stereocenters. The summed E-state index contributed by atoms with van der Waals surface area (Å²) in [5.41, 5.74) is 2.53. The fraction of sp³-hybridized carbons (Fsp3) is 0.571. The number of hydrogen-bond acceptors (Lipinski definition) is 4. The number of benzene rings is 1. The number of nitrogens with one attached hydrogen (secondary N) is 1. The molecule has 3 heterocycles. The molecule has 0 amide bonds. The molecule has 1 N–H and O–H groups in total. The minimum atomic E-state index is -0.224. The van der Waals surface area contributed by atoms with Crippen molar-refractivity contribution in [2.24, 2.45) is 17.3 Å². The predicted octanol–water partition coefficient (Wildman–Crippen LogP) is 2.56. The molecule has 3 spiro atoms. The van der Waals surface area contributed by atoms with Crippen LogP contribution in [0.25, 0.3) is 0 Å². The van der Waals surface area contributed by atoms with Crippen molar-refractivity contribution in [3.8, 4) is 0 Å². The summed E-state index contributed by atoms with van der Waals surface area (Å²) in [6, 6.07) is 9.25. The Labute approximate surface area is 148 Å². The van der Waals surface area contributed by atoms with Gasteiger partial charge >= 0.3 is 5.97 Å². The van der Waals surface area contributed by atoms with Crippen molar-refractivity contribution in [3.63, 3.8) is 0 Å². The first-order chi connectivity index (χ1) is 12.1. The van der Waals surface area contributed by atoms with Crippen LogP contribution >= 0.6 is 0 Å². The summed E-state index contributed by atoms with van der Waals surface area (Å²) < 4.78 is 5.30. The van der Waals surface area contributed by atoms with E-state index < -0.39 is 0 Å². The van der Waals surface area contributed by atoms with Crippen LogP contribution in [-0.2, 0) is 14.9 Å². The van der Waals surface area contributed by atoms with Gasteiger partial charge < -0.3 is 10.1 Å². The van der Waals surface area contributed by atoms with E-state index in [-0.39, 0.29) is 28.3 Å². The standard InChI is InChI=1S/C21H24N2O2/c1-13-19-8-5-10-23-11-9-20(18(19)23)14-6-3-4-7-16(14)22-21(13,20)15(12-19)17(24)25-2/h3-8,13,15,18,22H,9-12H2,1-2H3/t13-,15-,18+,19-,20+,21+/m0/s1. The van der Waals surface area contributed by atoms with Gasteiger partial charge in [0.2, 0.25) is 0 Å². The average molecular weight is 336 g/mol. The van der Waals surface area contributed by atoms with Crippen LogP contribution in [0.15, 0.2) is 36.4 Å². The van der Waals surface area contributed by atoms with Crippen LogP contribution < -0.4 is 5.32 Å². The van der Waals surface area contributed by atoms with Gasteiger partial charge in [-0.1, -0.05) is 37.3 Å². The van der Waals surface area contributed by atoms with Crippen LogP contribution in [0.5, 0.6) is 0 Å². The molecule has 5 aliphatic rings. The third-order valence-corrected chi connectivity index (χ3v) is 8.47. The Morgan fingerprint density at radius 2 is 2.20 bits per heavy atom. The number of carbonyl (C=O) groups is 1. The molecule has 130 valence electrons. The first kappa shape index (κ1) is 14.4. The summed E-state index contributed by atoms with van der Waals surface area (Å²) in [4.78, 5) is 15.6. The Kier molecular flexibility index (Phi) is 2.37. The van der Waals surface area contributed by atoms with Crippen LogP contribution in [0.4, 0.5) is 5.69 Å². The van der Waals surface area contributed by atoms with Gasteiger partial charge in [-0.3, -0.25) is 9.69 Å². The summed E-state index contributed by atoms with van der Waals surface area (Å²) >= 11 is 0. The molecule has 4 heteroatoms. The molecule has 2 aliphatic carbocycles. The summed E-state index contributed by atoms with van der Waals surface area (Å²) in [5, 5.41) is 3.92. The highest BCUT2D eigenvalue weighted by Gasteiger charge is 2.85. The number of nitrogens with zero attached hydrogens (tertiary/aromatic N) is 1. The fourth-order valence-electron chi connectivity index (χ4n) is 7.93.